The second kappa shape index (κ2) is 8.12. The van der Waals surface area contributed by atoms with Gasteiger partial charge < -0.3 is 18.6 Å². The van der Waals surface area contributed by atoms with Crippen molar-refractivity contribution in [3.8, 4) is 0 Å². The summed E-state index contributed by atoms with van der Waals surface area (Å²) in [4.78, 5) is 11.2. The van der Waals surface area contributed by atoms with E-state index in [2.05, 4.69) is 38.6 Å². The van der Waals surface area contributed by atoms with E-state index in [9.17, 15) is 4.79 Å². The van der Waals surface area contributed by atoms with Crippen LogP contribution in [-0.4, -0.2) is 46.0 Å². The van der Waals surface area contributed by atoms with Gasteiger partial charge in [-0.25, -0.2) is 0 Å². The molecule has 2 atom stereocenters. The largest absolute Gasteiger partial charge is 0.469 e. The van der Waals surface area contributed by atoms with E-state index in [0.29, 0.717) is 19.4 Å². The number of carbonyl (C=O) groups excluding carboxylic acids is 1. The van der Waals surface area contributed by atoms with Crippen molar-refractivity contribution in [1.82, 2.24) is 0 Å². The summed E-state index contributed by atoms with van der Waals surface area (Å²) >= 11 is 0. The standard InChI is InChI=1S/C18H34O5Si/c1-17(2,3)24(7,8)21-13-15-14(22-18(4,5)23-15)11-9-10-12-16(19)20-6/h9,11,14-15H,10,12-13H2,1-8H3/b11-9+/t14-,15+/m0/s1. The van der Waals surface area contributed by atoms with Gasteiger partial charge in [0.25, 0.3) is 0 Å². The monoisotopic (exact) mass is 358 g/mol. The van der Waals surface area contributed by atoms with Crippen molar-refractivity contribution >= 4 is 14.3 Å². The number of rotatable bonds is 7. The lowest BCUT2D eigenvalue weighted by molar-refractivity contribution is -0.146. The van der Waals surface area contributed by atoms with Crippen molar-refractivity contribution < 1.29 is 23.4 Å². The van der Waals surface area contributed by atoms with E-state index in [-0.39, 0.29) is 23.2 Å². The van der Waals surface area contributed by atoms with Crippen LogP contribution in [0.3, 0.4) is 0 Å². The molecule has 140 valence electrons. The molecule has 1 rings (SSSR count). The Balaban J connectivity index is 2.63. The molecule has 1 saturated heterocycles. The first kappa shape index (κ1) is 21.3. The van der Waals surface area contributed by atoms with Gasteiger partial charge in [0.05, 0.1) is 13.7 Å². The van der Waals surface area contributed by atoms with Gasteiger partial charge in [-0.2, -0.15) is 0 Å². The quantitative estimate of drug-likeness (QED) is 0.390. The van der Waals surface area contributed by atoms with E-state index in [0.717, 1.165) is 0 Å². The maximum atomic E-state index is 11.2. The number of hydrogen-bond acceptors (Lipinski definition) is 5. The van der Waals surface area contributed by atoms with Crippen LogP contribution < -0.4 is 0 Å². The summed E-state index contributed by atoms with van der Waals surface area (Å²) in [7, 11) is -0.428. The van der Waals surface area contributed by atoms with Crippen LogP contribution in [0.25, 0.3) is 0 Å². The van der Waals surface area contributed by atoms with E-state index in [1.54, 1.807) is 0 Å². The smallest absolute Gasteiger partial charge is 0.305 e. The highest BCUT2D eigenvalue weighted by Crippen LogP contribution is 2.37. The molecule has 0 aliphatic carbocycles. The molecule has 0 aromatic carbocycles. The number of esters is 1. The first-order valence-corrected chi connectivity index (χ1v) is 11.5. The molecule has 0 amide bonds. The van der Waals surface area contributed by atoms with E-state index >= 15 is 0 Å². The summed E-state index contributed by atoms with van der Waals surface area (Å²) in [6, 6.07) is 0. The zero-order valence-electron chi connectivity index (χ0n) is 16.5. The first-order valence-electron chi connectivity index (χ1n) is 8.61. The molecule has 0 bridgehead atoms. The van der Waals surface area contributed by atoms with E-state index in [4.69, 9.17) is 13.9 Å². The Morgan fingerprint density at radius 3 is 2.42 bits per heavy atom. The van der Waals surface area contributed by atoms with Crippen molar-refractivity contribution in [3.05, 3.63) is 12.2 Å². The molecule has 1 heterocycles. The van der Waals surface area contributed by atoms with Crippen LogP contribution in [0.2, 0.25) is 18.1 Å². The Kier molecular flexibility index (Phi) is 7.23. The van der Waals surface area contributed by atoms with Gasteiger partial charge in [0.15, 0.2) is 14.1 Å². The first-order chi connectivity index (χ1) is 10.9. The molecule has 1 fully saturated rings. The average molecular weight is 359 g/mol. The average Bonchev–Trinajstić information content (AvgIpc) is 2.74. The summed E-state index contributed by atoms with van der Waals surface area (Å²) in [6.45, 7) is 15.5. The third kappa shape index (κ3) is 6.31. The molecule has 0 aromatic heterocycles. The number of allylic oxidation sites excluding steroid dienone is 1. The highest BCUT2D eigenvalue weighted by atomic mass is 28.4. The van der Waals surface area contributed by atoms with Crippen molar-refractivity contribution in [1.29, 1.82) is 0 Å². The lowest BCUT2D eigenvalue weighted by Crippen LogP contribution is -2.43. The maximum Gasteiger partial charge on any atom is 0.305 e. The molecule has 0 spiro atoms. The van der Waals surface area contributed by atoms with Crippen molar-refractivity contribution in [2.24, 2.45) is 0 Å². The Hall–Kier alpha value is -0.693. The molecular formula is C18H34O5Si. The fourth-order valence-corrected chi connectivity index (χ4v) is 3.21. The number of carbonyl (C=O) groups is 1. The predicted octanol–water partition coefficient (Wildman–Crippen LogP) is 4.04. The maximum absolute atomic E-state index is 11.2. The fraction of sp³-hybridized carbons (Fsp3) is 0.833. The van der Waals surface area contributed by atoms with Gasteiger partial charge in [-0.3, -0.25) is 4.79 Å². The fourth-order valence-electron chi connectivity index (χ4n) is 2.20. The third-order valence-corrected chi connectivity index (χ3v) is 9.21. The Morgan fingerprint density at radius 1 is 1.25 bits per heavy atom. The van der Waals surface area contributed by atoms with Crippen LogP contribution in [0, 0.1) is 0 Å². The van der Waals surface area contributed by atoms with Gasteiger partial charge in [0.2, 0.25) is 0 Å². The molecule has 6 heteroatoms. The van der Waals surface area contributed by atoms with E-state index in [1.165, 1.54) is 7.11 Å². The summed E-state index contributed by atoms with van der Waals surface area (Å²) in [5, 5.41) is 0.161. The minimum atomic E-state index is -1.83. The Labute approximate surface area is 147 Å². The zero-order valence-corrected chi connectivity index (χ0v) is 17.5. The summed E-state index contributed by atoms with van der Waals surface area (Å²) < 4.78 is 22.9. The predicted molar refractivity (Wildman–Crippen MR) is 97.4 cm³/mol. The van der Waals surface area contributed by atoms with Gasteiger partial charge >= 0.3 is 5.97 Å². The number of ether oxygens (including phenoxy) is 3. The van der Waals surface area contributed by atoms with Crippen LogP contribution in [0.15, 0.2) is 12.2 Å². The molecule has 0 aromatic rings. The zero-order chi connectivity index (χ0) is 18.6. The summed E-state index contributed by atoms with van der Waals surface area (Å²) in [5.41, 5.74) is 0. The minimum absolute atomic E-state index is 0.136. The summed E-state index contributed by atoms with van der Waals surface area (Å²) in [5.74, 6) is -0.833. The highest BCUT2D eigenvalue weighted by molar-refractivity contribution is 6.74. The second-order valence-electron chi connectivity index (χ2n) is 8.25. The number of hydrogen-bond donors (Lipinski definition) is 0. The molecule has 1 aliphatic rings. The molecule has 5 nitrogen and oxygen atoms in total. The topological polar surface area (TPSA) is 54.0 Å². The second-order valence-corrected chi connectivity index (χ2v) is 13.1. The van der Waals surface area contributed by atoms with Crippen LogP contribution in [-0.2, 0) is 23.4 Å². The highest BCUT2D eigenvalue weighted by Gasteiger charge is 2.43. The molecule has 24 heavy (non-hydrogen) atoms. The van der Waals surface area contributed by atoms with E-state index in [1.807, 2.05) is 26.0 Å². The molecule has 0 radical (unpaired) electrons. The lowest BCUT2D eigenvalue weighted by Gasteiger charge is -2.37. The number of methoxy groups -OCH3 is 1. The third-order valence-electron chi connectivity index (χ3n) is 4.70. The van der Waals surface area contributed by atoms with Crippen molar-refractivity contribution in [2.45, 2.75) is 83.6 Å². The van der Waals surface area contributed by atoms with Gasteiger partial charge in [-0.05, 0) is 38.4 Å². The Morgan fingerprint density at radius 2 is 1.88 bits per heavy atom. The lowest BCUT2D eigenvalue weighted by atomic mass is 10.2. The normalized spacial score (nSPS) is 24.5. The van der Waals surface area contributed by atoms with Gasteiger partial charge in [0.1, 0.15) is 12.2 Å². The molecule has 0 N–H and O–H groups in total. The molecule has 0 saturated carbocycles. The van der Waals surface area contributed by atoms with Crippen LogP contribution in [0.4, 0.5) is 0 Å². The van der Waals surface area contributed by atoms with Crippen molar-refractivity contribution in [3.63, 3.8) is 0 Å². The van der Waals surface area contributed by atoms with Crippen LogP contribution in [0.1, 0.15) is 47.5 Å². The Bertz CT molecular complexity index is 451. The van der Waals surface area contributed by atoms with Gasteiger partial charge in [-0.1, -0.05) is 32.9 Å². The van der Waals surface area contributed by atoms with Crippen molar-refractivity contribution in [2.75, 3.05) is 13.7 Å². The van der Waals surface area contributed by atoms with Gasteiger partial charge in [0, 0.05) is 6.42 Å². The van der Waals surface area contributed by atoms with E-state index < -0.39 is 14.1 Å². The van der Waals surface area contributed by atoms with Gasteiger partial charge in [-0.15, -0.1) is 0 Å². The molecular weight excluding hydrogens is 324 g/mol. The molecule has 1 aliphatic heterocycles. The van der Waals surface area contributed by atoms with Crippen LogP contribution >= 0.6 is 0 Å². The van der Waals surface area contributed by atoms with Crippen LogP contribution in [0.5, 0.6) is 0 Å². The molecule has 0 unspecified atom stereocenters. The summed E-state index contributed by atoms with van der Waals surface area (Å²) in [6.07, 6.45) is 4.62. The minimum Gasteiger partial charge on any atom is -0.469 e. The SMILES string of the molecule is COC(=O)CC/C=C/[C@@H]1OC(C)(C)O[C@@H]1CO[Si](C)(C)C(C)(C)C.